The van der Waals surface area contributed by atoms with Crippen LogP contribution in [-0.4, -0.2) is 97.4 Å². The van der Waals surface area contributed by atoms with Gasteiger partial charge in [-0.15, -0.1) is 0 Å². The number of guanidine groups is 1. The van der Waals surface area contributed by atoms with Gasteiger partial charge in [-0.1, -0.05) is 30.3 Å². The van der Waals surface area contributed by atoms with Crippen molar-refractivity contribution >= 4 is 41.5 Å². The fourth-order valence-corrected chi connectivity index (χ4v) is 4.01. The molecule has 230 valence electrons. The molecule has 1 fully saturated rings. The Morgan fingerprint density at radius 2 is 1.52 bits per heavy atom. The van der Waals surface area contributed by atoms with Crippen LogP contribution < -0.4 is 43.4 Å². The Balaban J connectivity index is 2.20. The van der Waals surface area contributed by atoms with Crippen LogP contribution in [0.25, 0.3) is 0 Å². The first-order valence-electron chi connectivity index (χ1n) is 13.5. The number of amides is 5. The molecule has 0 aromatic heterocycles. The zero-order valence-corrected chi connectivity index (χ0v) is 23.2. The largest absolute Gasteiger partial charge is 0.481 e. The predicted octanol–water partition coefficient (Wildman–Crippen LogP) is -3.56. The number of carbonyl (C=O) groups is 6. The van der Waals surface area contributed by atoms with Crippen molar-refractivity contribution in [2.24, 2.45) is 16.5 Å². The fraction of sp³-hybridized carbons (Fsp3) is 0.500. The highest BCUT2D eigenvalue weighted by molar-refractivity contribution is 5.95. The van der Waals surface area contributed by atoms with Gasteiger partial charge in [0.1, 0.15) is 18.1 Å². The van der Waals surface area contributed by atoms with E-state index in [0.717, 1.165) is 5.56 Å². The van der Waals surface area contributed by atoms with Gasteiger partial charge >= 0.3 is 5.97 Å². The third kappa shape index (κ3) is 13.1. The zero-order chi connectivity index (χ0) is 30.9. The number of aliphatic imine (C=N–C) groups is 1. The first kappa shape index (κ1) is 33.5. The van der Waals surface area contributed by atoms with E-state index in [1.165, 1.54) is 0 Å². The second-order valence-electron chi connectivity index (χ2n) is 9.55. The van der Waals surface area contributed by atoms with Crippen LogP contribution in [0.4, 0.5) is 0 Å². The maximum Gasteiger partial charge on any atom is 0.305 e. The topological polar surface area (TPSA) is 259 Å². The van der Waals surface area contributed by atoms with E-state index in [2.05, 4.69) is 36.9 Å². The summed E-state index contributed by atoms with van der Waals surface area (Å²) >= 11 is 0. The molecule has 0 spiro atoms. The van der Waals surface area contributed by atoms with E-state index in [0.29, 0.717) is 13.0 Å². The second kappa shape index (κ2) is 17.9. The van der Waals surface area contributed by atoms with E-state index < -0.39 is 66.6 Å². The summed E-state index contributed by atoms with van der Waals surface area (Å²) < 4.78 is 0. The van der Waals surface area contributed by atoms with E-state index in [4.69, 9.17) is 11.5 Å². The summed E-state index contributed by atoms with van der Waals surface area (Å²) in [6.45, 7) is 0.357. The van der Waals surface area contributed by atoms with Gasteiger partial charge in [-0.25, -0.2) is 0 Å². The monoisotopic (exact) mass is 589 g/mol. The number of aliphatic carboxylic acids is 1. The molecule has 0 unspecified atom stereocenters. The van der Waals surface area contributed by atoms with Crippen LogP contribution in [0.3, 0.4) is 0 Å². The number of carbonyl (C=O) groups excluding carboxylic acids is 5. The van der Waals surface area contributed by atoms with Gasteiger partial charge in [0.2, 0.25) is 29.5 Å². The summed E-state index contributed by atoms with van der Waals surface area (Å²) in [5, 5.41) is 24.9. The summed E-state index contributed by atoms with van der Waals surface area (Å²) in [5.74, 6) is -4.80. The van der Waals surface area contributed by atoms with E-state index in [1.54, 1.807) is 30.3 Å². The smallest absolute Gasteiger partial charge is 0.305 e. The van der Waals surface area contributed by atoms with Gasteiger partial charge in [0.15, 0.2) is 5.96 Å². The molecule has 1 saturated heterocycles. The third-order valence-corrected chi connectivity index (χ3v) is 6.10. The van der Waals surface area contributed by atoms with Crippen LogP contribution >= 0.6 is 0 Å². The minimum Gasteiger partial charge on any atom is -0.481 e. The van der Waals surface area contributed by atoms with E-state index in [9.17, 15) is 33.9 Å². The van der Waals surface area contributed by atoms with Crippen LogP contribution in [-0.2, 0) is 35.2 Å². The summed E-state index contributed by atoms with van der Waals surface area (Å²) in [6.07, 6.45) is -0.0949. The van der Waals surface area contributed by atoms with E-state index in [-0.39, 0.29) is 44.9 Å². The number of carboxylic acids is 1. The van der Waals surface area contributed by atoms with Crippen LogP contribution in [0, 0.1) is 0 Å². The quantitative estimate of drug-likeness (QED) is 0.0818. The number of nitrogens with two attached hydrogens (primary N) is 2. The Kier molecular flexibility index (Phi) is 14.2. The van der Waals surface area contributed by atoms with Gasteiger partial charge in [-0.2, -0.15) is 0 Å². The molecule has 16 nitrogen and oxygen atoms in total. The predicted molar refractivity (Wildman–Crippen MR) is 152 cm³/mol. The first-order chi connectivity index (χ1) is 20.0. The van der Waals surface area contributed by atoms with Gasteiger partial charge in [-0.3, -0.25) is 33.8 Å². The van der Waals surface area contributed by atoms with Crippen molar-refractivity contribution in [2.75, 3.05) is 32.7 Å². The lowest BCUT2D eigenvalue weighted by atomic mass is 10.0. The highest BCUT2D eigenvalue weighted by Gasteiger charge is 2.29. The number of rotatable bonds is 8. The molecule has 0 aliphatic carbocycles. The van der Waals surface area contributed by atoms with Gasteiger partial charge in [0, 0.05) is 39.0 Å². The SMILES string of the molecule is NC(N)=NCCC[C@@H]1NC(=O)CCNCCNC(=O)[C@@H](Cc2ccccc2)NC(=O)[C@H](CC(=O)O)NC(=O)CNC1=O. The van der Waals surface area contributed by atoms with Crippen molar-refractivity contribution in [1.82, 2.24) is 31.9 Å². The highest BCUT2D eigenvalue weighted by Crippen LogP contribution is 2.05. The highest BCUT2D eigenvalue weighted by atomic mass is 16.4. The lowest BCUT2D eigenvalue weighted by Gasteiger charge is -2.23. The van der Waals surface area contributed by atoms with Crippen molar-refractivity contribution in [2.45, 2.75) is 50.2 Å². The molecule has 1 aromatic rings. The number of hydrogen-bond donors (Lipinski definition) is 9. The normalized spacial score (nSPS) is 21.6. The van der Waals surface area contributed by atoms with Gasteiger partial charge in [0.05, 0.1) is 13.0 Å². The molecular weight excluding hydrogens is 550 g/mol. The molecule has 0 radical (unpaired) electrons. The van der Waals surface area contributed by atoms with Crippen LogP contribution in [0.5, 0.6) is 0 Å². The first-order valence-corrected chi connectivity index (χ1v) is 13.5. The van der Waals surface area contributed by atoms with Crippen molar-refractivity contribution in [3.8, 4) is 0 Å². The molecule has 1 aliphatic heterocycles. The molecule has 1 aromatic carbocycles. The van der Waals surface area contributed by atoms with E-state index >= 15 is 0 Å². The summed E-state index contributed by atoms with van der Waals surface area (Å²) in [6, 6.07) is 5.29. The second-order valence-corrected chi connectivity index (χ2v) is 9.55. The molecular formula is C26H39N9O7. The molecule has 1 aliphatic rings. The molecule has 42 heavy (non-hydrogen) atoms. The Morgan fingerprint density at radius 1 is 0.833 bits per heavy atom. The Labute approximate surface area is 242 Å². The van der Waals surface area contributed by atoms with Crippen molar-refractivity contribution in [3.63, 3.8) is 0 Å². The molecule has 2 rings (SSSR count). The minimum absolute atomic E-state index is 0.0374. The van der Waals surface area contributed by atoms with Gasteiger partial charge in [0.25, 0.3) is 0 Å². The molecule has 0 saturated carbocycles. The Morgan fingerprint density at radius 3 is 2.21 bits per heavy atom. The van der Waals surface area contributed by atoms with Gasteiger partial charge < -0.3 is 48.5 Å². The van der Waals surface area contributed by atoms with Crippen LogP contribution in [0.1, 0.15) is 31.2 Å². The summed E-state index contributed by atoms with van der Waals surface area (Å²) in [7, 11) is 0. The van der Waals surface area contributed by atoms with E-state index in [1.807, 2.05) is 0 Å². The van der Waals surface area contributed by atoms with Crippen LogP contribution in [0.2, 0.25) is 0 Å². The number of carboxylic acid groups (broad SMARTS) is 1. The zero-order valence-electron chi connectivity index (χ0n) is 23.2. The Bertz CT molecular complexity index is 1130. The number of benzene rings is 1. The fourth-order valence-electron chi connectivity index (χ4n) is 4.01. The van der Waals surface area contributed by atoms with Crippen molar-refractivity contribution < 1.29 is 33.9 Å². The number of nitrogens with one attached hydrogen (secondary N) is 6. The van der Waals surface area contributed by atoms with Crippen LogP contribution in [0.15, 0.2) is 35.3 Å². The molecule has 11 N–H and O–H groups in total. The maximum absolute atomic E-state index is 13.1. The number of hydrogen-bond acceptors (Lipinski definition) is 8. The molecule has 5 amide bonds. The average molecular weight is 590 g/mol. The molecule has 1 heterocycles. The average Bonchev–Trinajstić information content (AvgIpc) is 2.94. The Hall–Kier alpha value is -4.73. The lowest BCUT2D eigenvalue weighted by Crippen LogP contribution is -2.56. The van der Waals surface area contributed by atoms with Crippen molar-refractivity contribution in [1.29, 1.82) is 0 Å². The standard InChI is InChI=1S/C26H39N9O7/c27-26(28)31-9-4-7-17-23(40)32-15-21(37)34-19(14-22(38)39)25(42)35-18(13-16-5-2-1-3-6-16)24(41)30-12-11-29-10-8-20(36)33-17/h1-3,5-6,17-19,29H,4,7-15H2,(H,30,41)(H,32,40)(H,33,36)(H,34,37)(H,35,42)(H,38,39)(H4,27,28,31)/t17-,18+,19-/m0/s1. The third-order valence-electron chi connectivity index (χ3n) is 6.10. The lowest BCUT2D eigenvalue weighted by molar-refractivity contribution is -0.141. The summed E-state index contributed by atoms with van der Waals surface area (Å²) in [4.78, 5) is 79.3. The molecule has 16 heteroatoms. The van der Waals surface area contributed by atoms with Crippen molar-refractivity contribution in [3.05, 3.63) is 35.9 Å². The van der Waals surface area contributed by atoms with Gasteiger partial charge in [-0.05, 0) is 18.4 Å². The number of nitrogens with zero attached hydrogens (tertiary/aromatic N) is 1. The summed E-state index contributed by atoms with van der Waals surface area (Å²) in [5.41, 5.74) is 11.4. The minimum atomic E-state index is -1.53. The molecule has 0 bridgehead atoms. The molecule has 3 atom stereocenters. The maximum atomic E-state index is 13.1.